The lowest BCUT2D eigenvalue weighted by Gasteiger charge is -2.39. The molecule has 2 aliphatic heterocycles. The maximum Gasteiger partial charge on any atom is 0.224 e. The van der Waals surface area contributed by atoms with E-state index in [1.54, 1.807) is 0 Å². The normalized spacial score (nSPS) is 19.1. The van der Waals surface area contributed by atoms with Crippen molar-refractivity contribution < 1.29 is 0 Å². The molecule has 5 heteroatoms. The van der Waals surface area contributed by atoms with Crippen molar-refractivity contribution in [1.29, 1.82) is 0 Å². The van der Waals surface area contributed by atoms with E-state index in [-0.39, 0.29) is 0 Å². The van der Waals surface area contributed by atoms with Crippen LogP contribution in [0.3, 0.4) is 0 Å². The standard InChI is InChI=1S/C23H37N5/c1-19(2)9-8-10-20(3)12-16-27-17-21(18-27)25-23-24-13-11-22(26-23)28-14-6-4-5-7-15-28/h9,11-13,21H,4-8,10,14-18H2,1-3H3,(H,24,25,26)/b20-12+. The van der Waals surface area contributed by atoms with Crippen LogP contribution in [0.4, 0.5) is 11.8 Å². The van der Waals surface area contributed by atoms with Gasteiger partial charge in [0.1, 0.15) is 5.82 Å². The van der Waals surface area contributed by atoms with Gasteiger partial charge < -0.3 is 10.2 Å². The first-order valence-corrected chi connectivity index (χ1v) is 11.0. The Kier molecular flexibility index (Phi) is 7.90. The van der Waals surface area contributed by atoms with Crippen molar-refractivity contribution in [3.05, 3.63) is 35.6 Å². The number of allylic oxidation sites excluding steroid dienone is 3. The summed E-state index contributed by atoms with van der Waals surface area (Å²) in [6.07, 6.45) is 14.1. The summed E-state index contributed by atoms with van der Waals surface area (Å²) in [7, 11) is 0. The van der Waals surface area contributed by atoms with Crippen LogP contribution in [-0.2, 0) is 0 Å². The quantitative estimate of drug-likeness (QED) is 0.662. The number of anilines is 2. The first-order chi connectivity index (χ1) is 13.6. The zero-order valence-corrected chi connectivity index (χ0v) is 18.0. The first kappa shape index (κ1) is 20.8. The molecule has 1 aromatic rings. The van der Waals surface area contributed by atoms with Crippen molar-refractivity contribution in [2.75, 3.05) is 42.9 Å². The van der Waals surface area contributed by atoms with E-state index in [1.165, 1.54) is 36.8 Å². The Morgan fingerprint density at radius 3 is 2.57 bits per heavy atom. The van der Waals surface area contributed by atoms with Crippen LogP contribution >= 0.6 is 0 Å². The maximum absolute atomic E-state index is 4.77. The molecule has 0 radical (unpaired) electrons. The molecular weight excluding hydrogens is 346 g/mol. The SMILES string of the molecule is CC(C)=CCC/C(C)=C/CN1CC(Nc2nccc(N3CCCCCC3)n2)C1. The summed E-state index contributed by atoms with van der Waals surface area (Å²) in [5, 5.41) is 3.52. The number of hydrogen-bond acceptors (Lipinski definition) is 5. The molecule has 0 amide bonds. The average molecular weight is 384 g/mol. The van der Waals surface area contributed by atoms with Crippen LogP contribution in [0.1, 0.15) is 59.3 Å². The number of likely N-dealkylation sites (tertiary alicyclic amines) is 1. The van der Waals surface area contributed by atoms with Gasteiger partial charge in [0.25, 0.3) is 0 Å². The van der Waals surface area contributed by atoms with Crippen molar-refractivity contribution in [1.82, 2.24) is 14.9 Å². The third-order valence-electron chi connectivity index (χ3n) is 5.65. The van der Waals surface area contributed by atoms with E-state index in [0.29, 0.717) is 6.04 Å². The molecule has 0 aliphatic carbocycles. The van der Waals surface area contributed by atoms with Gasteiger partial charge in [-0.05, 0) is 52.5 Å². The van der Waals surface area contributed by atoms with E-state index in [0.717, 1.165) is 57.3 Å². The smallest absolute Gasteiger partial charge is 0.224 e. The van der Waals surface area contributed by atoms with Crippen LogP contribution in [-0.4, -0.2) is 53.6 Å². The fraction of sp³-hybridized carbons (Fsp3) is 0.652. The van der Waals surface area contributed by atoms with Crippen LogP contribution in [0, 0.1) is 0 Å². The zero-order chi connectivity index (χ0) is 19.8. The summed E-state index contributed by atoms with van der Waals surface area (Å²) in [4.78, 5) is 14.1. The molecule has 5 nitrogen and oxygen atoms in total. The molecule has 0 unspecified atom stereocenters. The highest BCUT2D eigenvalue weighted by atomic mass is 15.3. The lowest BCUT2D eigenvalue weighted by Crippen LogP contribution is -2.54. The van der Waals surface area contributed by atoms with E-state index < -0.39 is 0 Å². The summed E-state index contributed by atoms with van der Waals surface area (Å²) in [6, 6.07) is 2.51. The van der Waals surface area contributed by atoms with Gasteiger partial charge >= 0.3 is 0 Å². The predicted molar refractivity (Wildman–Crippen MR) is 119 cm³/mol. The molecule has 3 rings (SSSR count). The minimum Gasteiger partial charge on any atom is -0.356 e. The second-order valence-corrected chi connectivity index (χ2v) is 8.57. The van der Waals surface area contributed by atoms with Gasteiger partial charge in [0.2, 0.25) is 5.95 Å². The Morgan fingerprint density at radius 1 is 1.11 bits per heavy atom. The minimum absolute atomic E-state index is 0.457. The molecule has 0 saturated carbocycles. The fourth-order valence-corrected chi connectivity index (χ4v) is 3.86. The first-order valence-electron chi connectivity index (χ1n) is 11.0. The van der Waals surface area contributed by atoms with Crippen molar-refractivity contribution in [3.8, 4) is 0 Å². The van der Waals surface area contributed by atoms with Gasteiger partial charge in [-0.3, -0.25) is 4.90 Å². The van der Waals surface area contributed by atoms with E-state index in [9.17, 15) is 0 Å². The molecule has 3 heterocycles. The van der Waals surface area contributed by atoms with Gasteiger partial charge in [-0.2, -0.15) is 4.98 Å². The number of nitrogens with one attached hydrogen (secondary N) is 1. The van der Waals surface area contributed by atoms with Crippen LogP contribution in [0.5, 0.6) is 0 Å². The summed E-state index contributed by atoms with van der Waals surface area (Å²) in [6.45, 7) is 12.0. The molecule has 1 N–H and O–H groups in total. The van der Waals surface area contributed by atoms with Crippen LogP contribution < -0.4 is 10.2 Å². The van der Waals surface area contributed by atoms with Gasteiger partial charge in [0.15, 0.2) is 0 Å². The zero-order valence-electron chi connectivity index (χ0n) is 18.0. The van der Waals surface area contributed by atoms with Crippen molar-refractivity contribution in [2.24, 2.45) is 0 Å². The molecule has 2 saturated heterocycles. The molecular formula is C23H37N5. The van der Waals surface area contributed by atoms with Gasteiger partial charge in [-0.25, -0.2) is 4.98 Å². The van der Waals surface area contributed by atoms with Crippen LogP contribution in [0.2, 0.25) is 0 Å². The summed E-state index contributed by atoms with van der Waals surface area (Å²) < 4.78 is 0. The molecule has 154 valence electrons. The largest absolute Gasteiger partial charge is 0.356 e. The number of rotatable bonds is 8. The summed E-state index contributed by atoms with van der Waals surface area (Å²) in [5.74, 6) is 1.85. The van der Waals surface area contributed by atoms with E-state index in [4.69, 9.17) is 4.98 Å². The molecule has 0 spiro atoms. The Balaban J connectivity index is 1.41. The van der Waals surface area contributed by atoms with Gasteiger partial charge in [-0.1, -0.05) is 36.1 Å². The van der Waals surface area contributed by atoms with Crippen molar-refractivity contribution >= 4 is 11.8 Å². The van der Waals surface area contributed by atoms with Crippen LogP contribution in [0.25, 0.3) is 0 Å². The van der Waals surface area contributed by atoms with Crippen molar-refractivity contribution in [2.45, 2.75) is 65.3 Å². The minimum atomic E-state index is 0.457. The molecule has 0 bridgehead atoms. The molecule has 0 atom stereocenters. The van der Waals surface area contributed by atoms with E-state index >= 15 is 0 Å². The van der Waals surface area contributed by atoms with Crippen molar-refractivity contribution in [3.63, 3.8) is 0 Å². The summed E-state index contributed by atoms with van der Waals surface area (Å²) >= 11 is 0. The second-order valence-electron chi connectivity index (χ2n) is 8.57. The topological polar surface area (TPSA) is 44.3 Å². The molecule has 2 fully saturated rings. The van der Waals surface area contributed by atoms with Crippen LogP contribution in [0.15, 0.2) is 35.6 Å². The third kappa shape index (κ3) is 6.62. The number of nitrogens with zero attached hydrogens (tertiary/aromatic N) is 4. The van der Waals surface area contributed by atoms with E-state index in [2.05, 4.69) is 53.0 Å². The monoisotopic (exact) mass is 383 g/mol. The molecule has 0 aromatic carbocycles. The second kappa shape index (κ2) is 10.6. The van der Waals surface area contributed by atoms with Gasteiger partial charge in [0, 0.05) is 38.9 Å². The highest BCUT2D eigenvalue weighted by molar-refractivity contribution is 5.43. The molecule has 1 aromatic heterocycles. The third-order valence-corrected chi connectivity index (χ3v) is 5.65. The van der Waals surface area contributed by atoms with Gasteiger partial charge in [0.05, 0.1) is 6.04 Å². The molecule has 2 aliphatic rings. The number of hydrogen-bond donors (Lipinski definition) is 1. The Morgan fingerprint density at radius 2 is 1.86 bits per heavy atom. The Hall–Kier alpha value is -1.88. The highest BCUT2D eigenvalue weighted by Gasteiger charge is 2.26. The maximum atomic E-state index is 4.77. The lowest BCUT2D eigenvalue weighted by molar-refractivity contribution is 0.180. The number of aromatic nitrogens is 2. The lowest BCUT2D eigenvalue weighted by atomic mass is 10.1. The van der Waals surface area contributed by atoms with Gasteiger partial charge in [-0.15, -0.1) is 0 Å². The molecule has 28 heavy (non-hydrogen) atoms. The fourth-order valence-electron chi connectivity index (χ4n) is 3.86. The van der Waals surface area contributed by atoms with E-state index in [1.807, 2.05) is 12.3 Å². The Labute approximate surface area is 170 Å². The predicted octanol–water partition coefficient (Wildman–Crippen LogP) is 4.65. The Bertz CT molecular complexity index is 663. The highest BCUT2D eigenvalue weighted by Crippen LogP contribution is 2.19. The summed E-state index contributed by atoms with van der Waals surface area (Å²) in [5.41, 5.74) is 2.90. The average Bonchev–Trinajstić information content (AvgIpc) is 2.93.